The summed E-state index contributed by atoms with van der Waals surface area (Å²) in [7, 11) is -5.18. The highest BCUT2D eigenvalue weighted by atomic mass is 31.2. The fourth-order valence-corrected chi connectivity index (χ4v) is 8.76. The van der Waals surface area contributed by atoms with E-state index in [0.717, 1.165) is 38.5 Å². The molecule has 0 radical (unpaired) electrons. The zero-order valence-electron chi connectivity index (χ0n) is 39.5. The Kier molecular flexibility index (Phi) is 28.4. The number of nitrogens with one attached hydrogen (secondary N) is 2. The topological polar surface area (TPSA) is 336 Å². The predicted molar refractivity (Wildman–Crippen MR) is 246 cm³/mol. The summed E-state index contributed by atoms with van der Waals surface area (Å²) in [6.45, 7) is 1.86. The number of rotatable bonds is 38. The third-order valence-corrected chi connectivity index (χ3v) is 12.8. The molecule has 0 saturated heterocycles. The molecule has 2 aromatic rings. The van der Waals surface area contributed by atoms with E-state index >= 15 is 0 Å². The van der Waals surface area contributed by atoms with Gasteiger partial charge in [0, 0.05) is 38.4 Å². The average molecular weight is 991 g/mol. The van der Waals surface area contributed by atoms with Crippen LogP contribution in [0.25, 0.3) is 11.0 Å². The summed E-state index contributed by atoms with van der Waals surface area (Å²) < 4.78 is 25.3. The van der Waals surface area contributed by atoms with Crippen LogP contribution >= 0.6 is 8.17 Å². The van der Waals surface area contributed by atoms with Crippen LogP contribution in [-0.4, -0.2) is 138 Å². The molecule has 1 amide bonds. The van der Waals surface area contributed by atoms with Gasteiger partial charge >= 0.3 is 25.8 Å². The number of hydrogen-bond acceptors (Lipinski definition) is 19. The van der Waals surface area contributed by atoms with Crippen LogP contribution in [0, 0.1) is 4.91 Å². The summed E-state index contributed by atoms with van der Waals surface area (Å²) in [4.78, 5) is 72.0. The molecular formula is C45H77N5O17P+. The van der Waals surface area contributed by atoms with Gasteiger partial charge in [-0.3, -0.25) is 14.4 Å². The lowest BCUT2D eigenvalue weighted by molar-refractivity contribution is -0.728. The summed E-state index contributed by atoms with van der Waals surface area (Å²) in [5, 5.41) is 72.9. The number of fused-ring (bicyclic) bond motifs is 1. The maximum absolute atomic E-state index is 12.8. The molecule has 3 rings (SSSR count). The Morgan fingerprint density at radius 1 is 0.691 bits per heavy atom. The molecule has 0 aliphatic heterocycles. The number of unbranched alkanes of at least 4 members (excludes halogenated alkanes) is 18. The fourth-order valence-electron chi connectivity index (χ4n) is 7.79. The number of carbonyl (C=O) groups excluding carboxylic acids is 3. The standard InChI is InChI=1S/C45H76N5O17P/c1-2-3-4-5-6-7-8-9-10-11-12-13-14-15-19-25-37(53)65-32(31-64-68(61,62)66-45-43(57)41(55)40(54)42(56)44(45)58)30-63-36(52)24-20-17-22-29-47-35(51)23-18-16-21-28-46-33-26-27-34(50(59)60)39-38(33)48-67-49-39/h26-27,32,40-45,54-58H,2-25,28-31H2,1H3,(H3-,46,47,49,51,59,60,61,62)/p+1/t32-,40?,41-,42+,43-,44-,45?/m1/s1. The third kappa shape index (κ3) is 22.4. The normalized spacial score (nSPS) is 20.7. The van der Waals surface area contributed by atoms with E-state index in [1.54, 1.807) is 6.07 Å². The predicted octanol–water partition coefficient (Wildman–Crippen LogP) is 4.64. The zero-order chi connectivity index (χ0) is 49.7. The van der Waals surface area contributed by atoms with Crippen molar-refractivity contribution in [2.24, 2.45) is 0 Å². The molecule has 1 heterocycles. The lowest BCUT2D eigenvalue weighted by Crippen LogP contribution is -2.64. The van der Waals surface area contributed by atoms with Crippen molar-refractivity contribution in [2.75, 3.05) is 31.6 Å². The average Bonchev–Trinajstić information content (AvgIpc) is 3.81. The van der Waals surface area contributed by atoms with E-state index in [9.17, 15) is 59.8 Å². The van der Waals surface area contributed by atoms with E-state index < -0.39 is 76.1 Å². The maximum Gasteiger partial charge on any atom is 0.377 e. The first-order chi connectivity index (χ1) is 32.6. The number of hydrogen-bond donors (Lipinski definition) is 9. The molecule has 1 aromatic heterocycles. The van der Waals surface area contributed by atoms with Crippen molar-refractivity contribution in [1.29, 1.82) is 0 Å². The van der Waals surface area contributed by atoms with Crippen molar-refractivity contribution in [3.05, 3.63) is 17.0 Å². The number of anilines is 1. The molecule has 1 aliphatic carbocycles. The number of amides is 1. The van der Waals surface area contributed by atoms with Gasteiger partial charge in [0.15, 0.2) is 17.7 Å². The fraction of sp³-hybridized carbons (Fsp3) is 0.800. The van der Waals surface area contributed by atoms with Crippen molar-refractivity contribution in [1.82, 2.24) is 15.6 Å². The Bertz CT molecular complexity index is 1740. The van der Waals surface area contributed by atoms with Crippen molar-refractivity contribution in [3.8, 4) is 0 Å². The minimum atomic E-state index is -5.18. The minimum Gasteiger partial charge on any atom is -0.606 e. The number of ether oxygens (including phenoxy) is 2. The molecule has 1 saturated carbocycles. The number of aliphatic hydroxyl groups is 5. The summed E-state index contributed by atoms with van der Waals surface area (Å²) in [5.74, 6) is -1.39. The number of aliphatic hydroxyl groups excluding tert-OH is 5. The number of carbonyl (C=O) groups is 3. The van der Waals surface area contributed by atoms with Crippen LogP contribution in [-0.2, 0) is 32.9 Å². The molecule has 1 aromatic carbocycles. The largest absolute Gasteiger partial charge is 0.606 e. The number of phosphoric acid groups is 1. The summed E-state index contributed by atoms with van der Waals surface area (Å²) in [6.07, 6.45) is 7.94. The highest BCUT2D eigenvalue weighted by molar-refractivity contribution is 7.52. The number of aromatic nitrogens is 2. The Morgan fingerprint density at radius 3 is 1.78 bits per heavy atom. The Morgan fingerprint density at radius 2 is 1.19 bits per heavy atom. The van der Waals surface area contributed by atoms with Crippen LogP contribution < -0.4 is 15.5 Å². The van der Waals surface area contributed by atoms with Crippen LogP contribution in [0.15, 0.2) is 16.8 Å². The van der Waals surface area contributed by atoms with Crippen molar-refractivity contribution >= 4 is 48.4 Å². The summed E-state index contributed by atoms with van der Waals surface area (Å²) in [5.41, 5.74) is 0.932. The van der Waals surface area contributed by atoms with E-state index in [1.807, 2.05) is 0 Å². The molecule has 9 N–H and O–H groups in total. The molecule has 1 aliphatic rings. The minimum absolute atomic E-state index is 0.000443. The molecule has 22 nitrogen and oxygen atoms in total. The molecular weight excluding hydrogens is 913 g/mol. The van der Waals surface area contributed by atoms with Gasteiger partial charge in [-0.05, 0) is 48.5 Å². The van der Waals surface area contributed by atoms with Gasteiger partial charge < -0.3 is 50.5 Å². The van der Waals surface area contributed by atoms with Gasteiger partial charge in [-0.15, -0.1) is 0 Å². The van der Waals surface area contributed by atoms with Crippen LogP contribution in [0.5, 0.6) is 0 Å². The Labute approximate surface area is 398 Å². The highest BCUT2D eigenvalue weighted by Gasteiger charge is 2.53. The summed E-state index contributed by atoms with van der Waals surface area (Å²) in [6, 6.07) is 2.98. The quantitative estimate of drug-likeness (QED) is 0.0191. The van der Waals surface area contributed by atoms with Crippen LogP contribution in [0.1, 0.15) is 161 Å². The van der Waals surface area contributed by atoms with E-state index in [1.165, 1.54) is 70.3 Å². The van der Waals surface area contributed by atoms with Crippen LogP contribution in [0.4, 0.5) is 11.4 Å². The van der Waals surface area contributed by atoms with Crippen molar-refractivity contribution in [3.63, 3.8) is 0 Å². The van der Waals surface area contributed by atoms with E-state index in [0.29, 0.717) is 62.8 Å². The van der Waals surface area contributed by atoms with Gasteiger partial charge in [0.1, 0.15) is 43.7 Å². The smallest absolute Gasteiger partial charge is 0.377 e. The van der Waals surface area contributed by atoms with Crippen LogP contribution in [0.2, 0.25) is 0 Å². The third-order valence-electron chi connectivity index (χ3n) is 11.8. The van der Waals surface area contributed by atoms with E-state index in [2.05, 4.69) is 27.9 Å². The van der Waals surface area contributed by atoms with Gasteiger partial charge in [0.05, 0.1) is 10.6 Å². The first kappa shape index (κ1) is 58.6. The number of phosphoric ester groups is 1. The molecule has 8 atom stereocenters. The van der Waals surface area contributed by atoms with Gasteiger partial charge in [-0.1, -0.05) is 110 Å². The number of nitrogens with zero attached hydrogens (tertiary/aromatic N) is 3. The Balaban J connectivity index is 1.32. The van der Waals surface area contributed by atoms with Crippen molar-refractivity contribution < 1.29 is 83.0 Å². The lowest BCUT2D eigenvalue weighted by atomic mass is 9.85. The number of benzene rings is 1. The molecule has 68 heavy (non-hydrogen) atoms. The highest BCUT2D eigenvalue weighted by Crippen LogP contribution is 2.50. The first-order valence-electron chi connectivity index (χ1n) is 24.5. The van der Waals surface area contributed by atoms with Crippen LogP contribution in [0.3, 0.4) is 0 Å². The van der Waals surface area contributed by atoms with Gasteiger partial charge in [-0.2, -0.15) is 13.9 Å². The van der Waals surface area contributed by atoms with Gasteiger partial charge in [-0.25, -0.2) is 9.84 Å². The van der Waals surface area contributed by atoms with Gasteiger partial charge in [0.25, 0.3) is 4.92 Å². The molecule has 3 unspecified atom stereocenters. The second kappa shape index (κ2) is 33.0. The molecule has 23 heteroatoms. The van der Waals surface area contributed by atoms with E-state index in [4.69, 9.17) is 23.2 Å². The lowest BCUT2D eigenvalue weighted by Gasteiger charge is -2.41. The SMILES string of the molecule is CCCCCCCCCCCCCCCCCC(=O)O[C@H](COC(=O)CCCCCNC(=O)CCCCCNc1ccc([N+](=O)O)c2nonc12)CO[P+]([O-])(O)OC1[C@H](O)[C@H](O)C(O)[C@H](O)[C@H]1O. The molecule has 388 valence electrons. The second-order valence-corrected chi connectivity index (χ2v) is 19.0. The molecule has 1 fully saturated rings. The monoisotopic (exact) mass is 991 g/mol. The maximum atomic E-state index is 12.8. The first-order valence-corrected chi connectivity index (χ1v) is 26.0. The van der Waals surface area contributed by atoms with Gasteiger partial charge in [0.2, 0.25) is 11.4 Å². The Hall–Kier alpha value is -3.70. The molecule has 0 spiro atoms. The summed E-state index contributed by atoms with van der Waals surface area (Å²) >= 11 is 0. The zero-order valence-corrected chi connectivity index (χ0v) is 40.4. The molecule has 0 bridgehead atoms. The van der Waals surface area contributed by atoms with Crippen molar-refractivity contribution in [2.45, 2.75) is 204 Å². The number of esters is 2. The van der Waals surface area contributed by atoms with E-state index in [-0.39, 0.29) is 34.9 Å². The second-order valence-electron chi connectivity index (χ2n) is 17.5.